The van der Waals surface area contributed by atoms with Crippen molar-refractivity contribution >= 4 is 33.4 Å². The Balaban J connectivity index is 1.26. The highest BCUT2D eigenvalue weighted by atomic mass is 79.9. The van der Waals surface area contributed by atoms with Crippen molar-refractivity contribution in [2.24, 2.45) is 17.3 Å². The van der Waals surface area contributed by atoms with Gasteiger partial charge in [-0.05, 0) is 67.4 Å². The number of hydrogen-bond acceptors (Lipinski definition) is 3. The predicted molar refractivity (Wildman–Crippen MR) is 123 cm³/mol. The van der Waals surface area contributed by atoms with E-state index in [0.29, 0.717) is 17.3 Å². The van der Waals surface area contributed by atoms with Crippen LogP contribution in [0.3, 0.4) is 0 Å². The van der Waals surface area contributed by atoms with Gasteiger partial charge in [0.15, 0.2) is 0 Å². The first kappa shape index (κ1) is 21.2. The number of ether oxygens (including phenoxy) is 1. The van der Waals surface area contributed by atoms with Crippen molar-refractivity contribution in [3.63, 3.8) is 0 Å². The van der Waals surface area contributed by atoms with E-state index < -0.39 is 0 Å². The Morgan fingerprint density at radius 3 is 2.57 bits per heavy atom. The van der Waals surface area contributed by atoms with E-state index in [9.17, 15) is 4.79 Å². The van der Waals surface area contributed by atoms with Crippen LogP contribution in [0.25, 0.3) is 0 Å². The van der Waals surface area contributed by atoms with Crippen molar-refractivity contribution in [2.45, 2.75) is 55.3 Å². The Labute approximate surface area is 193 Å². The van der Waals surface area contributed by atoms with Crippen LogP contribution in [0.2, 0.25) is 5.02 Å². The second kappa shape index (κ2) is 8.38. The molecule has 6 rings (SSSR count). The summed E-state index contributed by atoms with van der Waals surface area (Å²) >= 11 is 10.6. The SMILES string of the molecule is O=C(CC12CC3CC(CC(Br)(C3)C1)C2)NCC(c1ccccc1Cl)N1CCOCC1. The normalized spacial score (nSPS) is 36.6. The third-order valence-corrected chi connectivity index (χ3v) is 9.16. The molecule has 4 bridgehead atoms. The Morgan fingerprint density at radius 2 is 1.90 bits per heavy atom. The van der Waals surface area contributed by atoms with Gasteiger partial charge in [-0.3, -0.25) is 9.69 Å². The molecule has 0 spiro atoms. The zero-order chi connectivity index (χ0) is 20.8. The van der Waals surface area contributed by atoms with Gasteiger partial charge >= 0.3 is 0 Å². The van der Waals surface area contributed by atoms with Crippen LogP contribution in [0.1, 0.15) is 56.6 Å². The van der Waals surface area contributed by atoms with Crippen molar-refractivity contribution in [2.75, 3.05) is 32.8 Å². The number of morpholine rings is 1. The van der Waals surface area contributed by atoms with Crippen LogP contribution in [0.5, 0.6) is 0 Å². The van der Waals surface area contributed by atoms with Gasteiger partial charge in [0.2, 0.25) is 5.91 Å². The summed E-state index contributed by atoms with van der Waals surface area (Å²) in [6, 6.07) is 8.11. The summed E-state index contributed by atoms with van der Waals surface area (Å²) < 4.78 is 5.84. The molecule has 1 aromatic carbocycles. The van der Waals surface area contributed by atoms with E-state index in [4.69, 9.17) is 16.3 Å². The molecule has 4 saturated carbocycles. The molecule has 0 radical (unpaired) electrons. The molecular formula is C24H32BrClN2O2. The highest BCUT2D eigenvalue weighted by molar-refractivity contribution is 9.10. The number of carbonyl (C=O) groups excluding carboxylic acids is 1. The van der Waals surface area contributed by atoms with Crippen LogP contribution in [0.4, 0.5) is 0 Å². The molecule has 5 aliphatic rings. The van der Waals surface area contributed by atoms with Crippen molar-refractivity contribution in [3.8, 4) is 0 Å². The fourth-order valence-corrected chi connectivity index (χ4v) is 9.00. The second-order valence-electron chi connectivity index (χ2n) is 10.3. The number of alkyl halides is 1. The molecule has 4 aliphatic carbocycles. The molecule has 3 unspecified atom stereocenters. The minimum atomic E-state index is 0.0884. The molecule has 5 fully saturated rings. The van der Waals surface area contributed by atoms with Gasteiger partial charge < -0.3 is 10.1 Å². The summed E-state index contributed by atoms with van der Waals surface area (Å²) in [4.78, 5) is 15.5. The van der Waals surface area contributed by atoms with Gasteiger partial charge in [0.05, 0.1) is 19.3 Å². The van der Waals surface area contributed by atoms with E-state index in [1.54, 1.807) is 0 Å². The number of hydrogen-bond donors (Lipinski definition) is 1. The number of benzene rings is 1. The number of nitrogens with one attached hydrogen (secondary N) is 1. The first-order chi connectivity index (χ1) is 14.4. The molecule has 0 aromatic heterocycles. The molecule has 1 N–H and O–H groups in total. The monoisotopic (exact) mass is 494 g/mol. The standard InChI is InChI=1S/C24H32BrClN2O2/c25-24-12-17-9-18(13-24)11-23(10-17,16-24)14-22(29)27-15-21(28-5-7-30-8-6-28)19-3-1-2-4-20(19)26/h1-4,17-18,21H,5-16H2,(H,27,29). The Hall–Kier alpha value is -0.620. The van der Waals surface area contributed by atoms with Crippen LogP contribution in [-0.2, 0) is 9.53 Å². The van der Waals surface area contributed by atoms with Crippen LogP contribution in [-0.4, -0.2) is 48.0 Å². The maximum atomic E-state index is 13.1. The van der Waals surface area contributed by atoms with Crippen molar-refractivity contribution in [1.82, 2.24) is 10.2 Å². The molecular weight excluding hydrogens is 464 g/mol. The molecule has 4 nitrogen and oxygen atoms in total. The third-order valence-electron chi connectivity index (χ3n) is 7.89. The number of halogens is 2. The summed E-state index contributed by atoms with van der Waals surface area (Å²) in [6.45, 7) is 3.80. The molecule has 1 aliphatic heterocycles. The van der Waals surface area contributed by atoms with Gasteiger partial charge in [-0.2, -0.15) is 0 Å². The lowest BCUT2D eigenvalue weighted by Gasteiger charge is -2.60. The molecule has 1 saturated heterocycles. The van der Waals surface area contributed by atoms with Gasteiger partial charge in [-0.1, -0.05) is 45.7 Å². The van der Waals surface area contributed by atoms with Gasteiger partial charge in [-0.25, -0.2) is 0 Å². The van der Waals surface area contributed by atoms with Crippen molar-refractivity contribution in [1.29, 1.82) is 0 Å². The first-order valence-electron chi connectivity index (χ1n) is 11.5. The van der Waals surface area contributed by atoms with Crippen LogP contribution < -0.4 is 5.32 Å². The van der Waals surface area contributed by atoms with Crippen molar-refractivity contribution < 1.29 is 9.53 Å². The zero-order valence-electron chi connectivity index (χ0n) is 17.5. The smallest absolute Gasteiger partial charge is 0.220 e. The highest BCUT2D eigenvalue weighted by Crippen LogP contribution is 2.65. The van der Waals surface area contributed by atoms with Gasteiger partial charge in [-0.15, -0.1) is 0 Å². The number of amides is 1. The number of nitrogens with zero attached hydrogens (tertiary/aromatic N) is 1. The molecule has 1 aromatic rings. The fourth-order valence-electron chi connectivity index (χ4n) is 7.23. The fraction of sp³-hybridized carbons (Fsp3) is 0.708. The minimum absolute atomic E-state index is 0.0884. The second-order valence-corrected chi connectivity index (χ2v) is 12.4. The maximum Gasteiger partial charge on any atom is 0.220 e. The number of carbonyl (C=O) groups is 1. The summed E-state index contributed by atoms with van der Waals surface area (Å²) in [5.74, 6) is 1.82. The predicted octanol–water partition coefficient (Wildman–Crippen LogP) is 4.95. The van der Waals surface area contributed by atoms with Gasteiger partial charge in [0.25, 0.3) is 0 Å². The first-order valence-corrected chi connectivity index (χ1v) is 12.6. The topological polar surface area (TPSA) is 41.6 Å². The quantitative estimate of drug-likeness (QED) is 0.568. The molecule has 1 amide bonds. The maximum absolute atomic E-state index is 13.1. The van der Waals surface area contributed by atoms with E-state index in [0.717, 1.165) is 55.1 Å². The molecule has 164 valence electrons. The van der Waals surface area contributed by atoms with Gasteiger partial charge in [0.1, 0.15) is 0 Å². The lowest BCUT2D eigenvalue weighted by molar-refractivity contribution is -0.128. The Bertz CT molecular complexity index is 783. The zero-order valence-corrected chi connectivity index (χ0v) is 19.9. The van der Waals surface area contributed by atoms with E-state index in [1.165, 1.54) is 32.1 Å². The lowest BCUT2D eigenvalue weighted by atomic mass is 9.48. The summed E-state index contributed by atoms with van der Waals surface area (Å²) in [7, 11) is 0. The summed E-state index contributed by atoms with van der Waals surface area (Å²) in [5, 5.41) is 4.07. The third kappa shape index (κ3) is 4.32. The van der Waals surface area contributed by atoms with Crippen LogP contribution >= 0.6 is 27.5 Å². The average Bonchev–Trinajstić information content (AvgIpc) is 2.68. The Morgan fingerprint density at radius 1 is 1.20 bits per heavy atom. The largest absolute Gasteiger partial charge is 0.379 e. The van der Waals surface area contributed by atoms with E-state index in [2.05, 4.69) is 32.2 Å². The summed E-state index contributed by atoms with van der Waals surface area (Å²) in [5.41, 5.74) is 1.30. The van der Waals surface area contributed by atoms with Crippen molar-refractivity contribution in [3.05, 3.63) is 34.9 Å². The molecule has 6 heteroatoms. The van der Waals surface area contributed by atoms with Crippen LogP contribution in [0, 0.1) is 17.3 Å². The van der Waals surface area contributed by atoms with E-state index in [1.807, 2.05) is 18.2 Å². The van der Waals surface area contributed by atoms with E-state index in [-0.39, 0.29) is 17.4 Å². The van der Waals surface area contributed by atoms with Crippen LogP contribution in [0.15, 0.2) is 24.3 Å². The highest BCUT2D eigenvalue weighted by Gasteiger charge is 2.57. The molecule has 30 heavy (non-hydrogen) atoms. The molecule has 1 heterocycles. The lowest BCUT2D eigenvalue weighted by Crippen LogP contribution is -2.54. The Kier molecular flexibility index (Phi) is 5.93. The van der Waals surface area contributed by atoms with E-state index >= 15 is 0 Å². The summed E-state index contributed by atoms with van der Waals surface area (Å²) in [6.07, 6.45) is 8.30. The average molecular weight is 496 g/mol. The minimum Gasteiger partial charge on any atom is -0.379 e. The number of rotatable bonds is 6. The molecule has 3 atom stereocenters. The van der Waals surface area contributed by atoms with Gasteiger partial charge in [0, 0.05) is 35.4 Å².